The quantitative estimate of drug-likeness (QED) is 0.464. The maximum atomic E-state index is 10.9. The van der Waals surface area contributed by atoms with E-state index >= 15 is 0 Å². The predicted molar refractivity (Wildman–Crippen MR) is 59.6 cm³/mol. The smallest absolute Gasteiger partial charge is 0.315 e. The summed E-state index contributed by atoms with van der Waals surface area (Å²) in [6.07, 6.45) is 0.692. The standard InChI is InChI=1S/C10H9ClO3S/c1-14-10(13)6-15-8-3-2-7(5-12)9(11)4-8/h2-5H,6H2,1H3. The van der Waals surface area contributed by atoms with Crippen LogP contribution in [0.3, 0.4) is 0 Å². The highest BCUT2D eigenvalue weighted by atomic mass is 35.5. The summed E-state index contributed by atoms with van der Waals surface area (Å²) < 4.78 is 4.50. The summed E-state index contributed by atoms with van der Waals surface area (Å²) in [4.78, 5) is 22.2. The third-order valence-electron chi connectivity index (χ3n) is 1.68. The molecule has 3 nitrogen and oxygen atoms in total. The van der Waals surface area contributed by atoms with Crippen LogP contribution in [0, 0.1) is 0 Å². The van der Waals surface area contributed by atoms with E-state index in [0.29, 0.717) is 16.9 Å². The van der Waals surface area contributed by atoms with E-state index in [0.717, 1.165) is 4.90 Å². The second-order valence-corrected chi connectivity index (χ2v) is 4.12. The van der Waals surface area contributed by atoms with Crippen molar-refractivity contribution in [2.24, 2.45) is 0 Å². The van der Waals surface area contributed by atoms with Crippen LogP contribution < -0.4 is 0 Å². The number of hydrogen-bond donors (Lipinski definition) is 0. The topological polar surface area (TPSA) is 43.4 Å². The molecule has 0 saturated carbocycles. The molecule has 0 heterocycles. The number of halogens is 1. The Morgan fingerprint density at radius 1 is 1.60 bits per heavy atom. The minimum atomic E-state index is -0.296. The third kappa shape index (κ3) is 3.57. The van der Waals surface area contributed by atoms with Crippen molar-refractivity contribution in [3.8, 4) is 0 Å². The Hall–Kier alpha value is -1.00. The van der Waals surface area contributed by atoms with Crippen molar-refractivity contribution in [1.82, 2.24) is 0 Å². The van der Waals surface area contributed by atoms with E-state index in [1.807, 2.05) is 0 Å². The van der Waals surface area contributed by atoms with Gasteiger partial charge in [0.25, 0.3) is 0 Å². The highest BCUT2D eigenvalue weighted by Gasteiger charge is 2.04. The summed E-state index contributed by atoms with van der Waals surface area (Å²) in [6.45, 7) is 0. The lowest BCUT2D eigenvalue weighted by molar-refractivity contribution is -0.137. The number of aldehydes is 1. The maximum absolute atomic E-state index is 10.9. The monoisotopic (exact) mass is 244 g/mol. The summed E-state index contributed by atoms with van der Waals surface area (Å²) in [5.74, 6) is -0.0663. The van der Waals surface area contributed by atoms with E-state index in [4.69, 9.17) is 11.6 Å². The molecule has 0 fully saturated rings. The van der Waals surface area contributed by atoms with Crippen molar-refractivity contribution in [1.29, 1.82) is 0 Å². The Labute approximate surface area is 96.8 Å². The minimum absolute atomic E-state index is 0.229. The average Bonchev–Trinajstić information content (AvgIpc) is 2.26. The molecule has 0 aliphatic carbocycles. The van der Waals surface area contributed by atoms with Gasteiger partial charge in [-0.1, -0.05) is 11.6 Å². The van der Waals surface area contributed by atoms with Gasteiger partial charge in [-0.15, -0.1) is 11.8 Å². The number of benzene rings is 1. The van der Waals surface area contributed by atoms with E-state index in [-0.39, 0.29) is 11.7 Å². The van der Waals surface area contributed by atoms with Crippen molar-refractivity contribution in [3.63, 3.8) is 0 Å². The molecule has 0 aliphatic heterocycles. The molecule has 1 aromatic carbocycles. The Morgan fingerprint density at radius 3 is 2.87 bits per heavy atom. The van der Waals surface area contributed by atoms with Crippen molar-refractivity contribution in [2.75, 3.05) is 12.9 Å². The van der Waals surface area contributed by atoms with Gasteiger partial charge in [-0.3, -0.25) is 9.59 Å². The summed E-state index contributed by atoms with van der Waals surface area (Å²) in [7, 11) is 1.34. The lowest BCUT2D eigenvalue weighted by Crippen LogP contribution is -2.02. The zero-order valence-corrected chi connectivity index (χ0v) is 9.60. The van der Waals surface area contributed by atoms with E-state index < -0.39 is 0 Å². The number of esters is 1. The molecule has 1 aromatic rings. The lowest BCUT2D eigenvalue weighted by atomic mass is 10.2. The first-order valence-electron chi connectivity index (χ1n) is 4.11. The molecule has 0 amide bonds. The molecular formula is C10H9ClO3S. The van der Waals surface area contributed by atoms with Crippen molar-refractivity contribution in [3.05, 3.63) is 28.8 Å². The zero-order valence-electron chi connectivity index (χ0n) is 8.03. The van der Waals surface area contributed by atoms with Crippen molar-refractivity contribution in [2.45, 2.75) is 4.90 Å². The molecule has 15 heavy (non-hydrogen) atoms. The van der Waals surface area contributed by atoms with Crippen LogP contribution in [0.5, 0.6) is 0 Å². The van der Waals surface area contributed by atoms with Crippen molar-refractivity contribution < 1.29 is 14.3 Å². The normalized spacial score (nSPS) is 9.73. The van der Waals surface area contributed by atoms with Gasteiger partial charge in [0.05, 0.1) is 17.9 Å². The first-order chi connectivity index (χ1) is 7.17. The minimum Gasteiger partial charge on any atom is -0.468 e. The average molecular weight is 245 g/mol. The summed E-state index contributed by atoms with van der Waals surface area (Å²) >= 11 is 7.13. The number of hydrogen-bond acceptors (Lipinski definition) is 4. The second-order valence-electron chi connectivity index (χ2n) is 2.67. The molecule has 5 heteroatoms. The maximum Gasteiger partial charge on any atom is 0.315 e. The van der Waals surface area contributed by atoms with Crippen LogP contribution in [0.15, 0.2) is 23.1 Å². The van der Waals surface area contributed by atoms with Crippen LogP contribution in [-0.4, -0.2) is 25.1 Å². The fraction of sp³-hybridized carbons (Fsp3) is 0.200. The molecule has 0 N–H and O–H groups in total. The number of ether oxygens (including phenoxy) is 1. The van der Waals surface area contributed by atoms with Gasteiger partial charge in [0.2, 0.25) is 0 Å². The molecule has 0 saturated heterocycles. The lowest BCUT2D eigenvalue weighted by Gasteiger charge is -2.02. The molecule has 0 spiro atoms. The van der Waals surface area contributed by atoms with Gasteiger partial charge in [0.1, 0.15) is 0 Å². The van der Waals surface area contributed by atoms with Crippen LogP contribution in [-0.2, 0) is 9.53 Å². The van der Waals surface area contributed by atoms with Gasteiger partial charge in [-0.05, 0) is 18.2 Å². The van der Waals surface area contributed by atoms with Gasteiger partial charge in [-0.25, -0.2) is 0 Å². The fourth-order valence-electron chi connectivity index (χ4n) is 0.894. The SMILES string of the molecule is COC(=O)CSc1ccc(C=O)c(Cl)c1. The van der Waals surface area contributed by atoms with E-state index in [9.17, 15) is 9.59 Å². The second kappa shape index (κ2) is 5.78. The van der Waals surface area contributed by atoms with Gasteiger partial charge in [0, 0.05) is 10.5 Å². The molecule has 0 atom stereocenters. The summed E-state index contributed by atoms with van der Waals surface area (Å²) in [5.41, 5.74) is 0.444. The molecule has 0 radical (unpaired) electrons. The first-order valence-corrected chi connectivity index (χ1v) is 5.48. The van der Waals surface area contributed by atoms with Crippen LogP contribution in [0.25, 0.3) is 0 Å². The van der Waals surface area contributed by atoms with Gasteiger partial charge >= 0.3 is 5.97 Å². The highest BCUT2D eigenvalue weighted by Crippen LogP contribution is 2.24. The van der Waals surface area contributed by atoms with Crippen LogP contribution >= 0.6 is 23.4 Å². The fourth-order valence-corrected chi connectivity index (χ4v) is 1.95. The number of methoxy groups -OCH3 is 1. The van der Waals surface area contributed by atoms with E-state index in [2.05, 4.69) is 4.74 Å². The largest absolute Gasteiger partial charge is 0.468 e. The number of carbonyl (C=O) groups excluding carboxylic acids is 2. The predicted octanol–water partition coefficient (Wildman–Crippen LogP) is 2.42. The Balaban J connectivity index is 2.67. The highest BCUT2D eigenvalue weighted by molar-refractivity contribution is 8.00. The number of rotatable bonds is 4. The molecule has 0 aromatic heterocycles. The van der Waals surface area contributed by atoms with Crippen LogP contribution in [0.4, 0.5) is 0 Å². The van der Waals surface area contributed by atoms with Crippen LogP contribution in [0.2, 0.25) is 5.02 Å². The Kier molecular flexibility index (Phi) is 4.65. The zero-order chi connectivity index (χ0) is 11.3. The molecule has 80 valence electrons. The molecule has 0 unspecified atom stereocenters. The summed E-state index contributed by atoms with van der Waals surface area (Å²) in [5, 5.41) is 0.389. The van der Waals surface area contributed by atoms with E-state index in [1.165, 1.54) is 18.9 Å². The van der Waals surface area contributed by atoms with Crippen LogP contribution in [0.1, 0.15) is 10.4 Å². The van der Waals surface area contributed by atoms with Gasteiger partial charge in [-0.2, -0.15) is 0 Å². The number of carbonyl (C=O) groups is 2. The number of thioether (sulfide) groups is 1. The Bertz CT molecular complexity index is 379. The summed E-state index contributed by atoms with van der Waals surface area (Å²) in [6, 6.07) is 5.01. The molecular weight excluding hydrogens is 236 g/mol. The molecule has 0 bridgehead atoms. The van der Waals surface area contributed by atoms with Crippen molar-refractivity contribution >= 4 is 35.6 Å². The molecule has 0 aliphatic rings. The van der Waals surface area contributed by atoms with Gasteiger partial charge < -0.3 is 4.74 Å². The first kappa shape index (κ1) is 12.1. The van der Waals surface area contributed by atoms with Gasteiger partial charge in [0.15, 0.2) is 6.29 Å². The third-order valence-corrected chi connectivity index (χ3v) is 2.98. The Morgan fingerprint density at radius 2 is 2.33 bits per heavy atom. The molecule has 1 rings (SSSR count). The van der Waals surface area contributed by atoms with E-state index in [1.54, 1.807) is 18.2 Å².